The highest BCUT2D eigenvalue weighted by atomic mass is 14.0. The second kappa shape index (κ2) is 5.17. The molecule has 1 aliphatic rings. The molecule has 62 valence electrons. The zero-order valence-electron chi connectivity index (χ0n) is 7.31. The summed E-state index contributed by atoms with van der Waals surface area (Å²) in [7, 11) is 0. The minimum atomic E-state index is 1.20. The van der Waals surface area contributed by atoms with Crippen molar-refractivity contribution in [2.24, 2.45) is 0 Å². The molecule has 11 heavy (non-hydrogen) atoms. The van der Waals surface area contributed by atoms with Gasteiger partial charge in [-0.15, -0.1) is 0 Å². The summed E-state index contributed by atoms with van der Waals surface area (Å²) in [4.78, 5) is 0. The molecule has 0 saturated carbocycles. The molecule has 0 heterocycles. The van der Waals surface area contributed by atoms with Crippen LogP contribution in [0.2, 0.25) is 0 Å². The summed E-state index contributed by atoms with van der Waals surface area (Å²) in [5, 5.41) is 0. The lowest BCUT2D eigenvalue weighted by Crippen LogP contribution is -1.84. The van der Waals surface area contributed by atoms with Gasteiger partial charge in [-0.3, -0.25) is 0 Å². The van der Waals surface area contributed by atoms with E-state index >= 15 is 0 Å². The molecule has 0 atom stereocenters. The zero-order chi connectivity index (χ0) is 7.94. The second-order valence-corrected chi connectivity index (χ2v) is 3.37. The summed E-state index contributed by atoms with van der Waals surface area (Å²) < 4.78 is 0. The molecule has 0 aromatic carbocycles. The Hall–Kier alpha value is -0.520. The fourth-order valence-electron chi connectivity index (χ4n) is 1.48. The standard InChI is InChI=1S/C11H18/c1-11-9-7-5-3-2-4-6-8-10-11/h7,9H,1-6,8,10H2. The molecule has 0 aromatic rings. The number of hydrogen-bond donors (Lipinski definition) is 0. The van der Waals surface area contributed by atoms with Crippen LogP contribution >= 0.6 is 0 Å². The maximum atomic E-state index is 4.00. The Morgan fingerprint density at radius 3 is 2.64 bits per heavy atom. The summed E-state index contributed by atoms with van der Waals surface area (Å²) in [6.07, 6.45) is 13.9. The van der Waals surface area contributed by atoms with Gasteiger partial charge >= 0.3 is 0 Å². The van der Waals surface area contributed by atoms with E-state index in [1.54, 1.807) is 0 Å². The molecule has 1 rings (SSSR count). The summed E-state index contributed by atoms with van der Waals surface area (Å²) in [6, 6.07) is 0. The predicted octanol–water partition coefficient (Wildman–Crippen LogP) is 3.84. The third kappa shape index (κ3) is 4.02. The molecule has 0 heteroatoms. The van der Waals surface area contributed by atoms with Gasteiger partial charge in [-0.2, -0.15) is 0 Å². The third-order valence-corrected chi connectivity index (χ3v) is 2.22. The van der Waals surface area contributed by atoms with Crippen molar-refractivity contribution in [3.05, 3.63) is 24.3 Å². The first-order valence-corrected chi connectivity index (χ1v) is 4.74. The summed E-state index contributed by atoms with van der Waals surface area (Å²) in [6.45, 7) is 4.00. The smallest absolute Gasteiger partial charge is 0.0285 e. The van der Waals surface area contributed by atoms with Crippen LogP contribution in [0, 0.1) is 0 Å². The molecule has 0 N–H and O–H groups in total. The average molecular weight is 150 g/mol. The van der Waals surface area contributed by atoms with Crippen LogP contribution in [0.1, 0.15) is 44.9 Å². The van der Waals surface area contributed by atoms with Crippen molar-refractivity contribution in [2.45, 2.75) is 44.9 Å². The van der Waals surface area contributed by atoms with E-state index in [4.69, 9.17) is 0 Å². The maximum Gasteiger partial charge on any atom is -0.0285 e. The van der Waals surface area contributed by atoms with E-state index in [0.29, 0.717) is 0 Å². The maximum absolute atomic E-state index is 4.00. The van der Waals surface area contributed by atoms with E-state index < -0.39 is 0 Å². The molecule has 0 radical (unpaired) electrons. The summed E-state index contributed by atoms with van der Waals surface area (Å²) in [5.74, 6) is 0. The highest BCUT2D eigenvalue weighted by Gasteiger charge is 1.94. The summed E-state index contributed by atoms with van der Waals surface area (Å²) in [5.41, 5.74) is 1.31. The van der Waals surface area contributed by atoms with Gasteiger partial charge in [0.25, 0.3) is 0 Å². The van der Waals surface area contributed by atoms with E-state index in [2.05, 4.69) is 18.7 Å². The normalized spacial score (nSPS) is 21.6. The Morgan fingerprint density at radius 1 is 1.00 bits per heavy atom. The quantitative estimate of drug-likeness (QED) is 0.492. The van der Waals surface area contributed by atoms with E-state index in [9.17, 15) is 0 Å². The average Bonchev–Trinajstić information content (AvgIpc) is 2.03. The minimum Gasteiger partial charge on any atom is -0.0958 e. The number of allylic oxidation sites excluding steroid dienone is 3. The number of rotatable bonds is 0. The molecule has 0 saturated heterocycles. The van der Waals surface area contributed by atoms with Crippen molar-refractivity contribution in [1.29, 1.82) is 0 Å². The Bertz CT molecular complexity index is 142. The van der Waals surface area contributed by atoms with Crippen molar-refractivity contribution in [3.63, 3.8) is 0 Å². The van der Waals surface area contributed by atoms with Gasteiger partial charge in [0.1, 0.15) is 0 Å². The van der Waals surface area contributed by atoms with Crippen LogP contribution < -0.4 is 0 Å². The number of hydrogen-bond acceptors (Lipinski definition) is 0. The Kier molecular flexibility index (Phi) is 4.03. The zero-order valence-corrected chi connectivity index (χ0v) is 7.31. The van der Waals surface area contributed by atoms with Crippen LogP contribution in [0.3, 0.4) is 0 Å². The van der Waals surface area contributed by atoms with Gasteiger partial charge in [-0.25, -0.2) is 0 Å². The van der Waals surface area contributed by atoms with Gasteiger partial charge in [0.2, 0.25) is 0 Å². The minimum absolute atomic E-state index is 1.20. The fourth-order valence-corrected chi connectivity index (χ4v) is 1.48. The first kappa shape index (κ1) is 8.58. The molecule has 0 bridgehead atoms. The molecule has 0 fully saturated rings. The molecule has 0 spiro atoms. The van der Waals surface area contributed by atoms with E-state index in [1.165, 1.54) is 50.5 Å². The molecule has 0 aromatic heterocycles. The Labute approximate surface area is 70.0 Å². The van der Waals surface area contributed by atoms with Crippen molar-refractivity contribution in [2.75, 3.05) is 0 Å². The molecule has 0 unspecified atom stereocenters. The van der Waals surface area contributed by atoms with Gasteiger partial charge in [0.15, 0.2) is 0 Å². The summed E-state index contributed by atoms with van der Waals surface area (Å²) >= 11 is 0. The highest BCUT2D eigenvalue weighted by molar-refractivity contribution is 5.13. The van der Waals surface area contributed by atoms with Crippen molar-refractivity contribution < 1.29 is 0 Å². The van der Waals surface area contributed by atoms with E-state index in [0.717, 1.165) is 0 Å². The largest absolute Gasteiger partial charge is 0.0958 e. The lowest BCUT2D eigenvalue weighted by Gasteiger charge is -2.03. The monoisotopic (exact) mass is 150 g/mol. The van der Waals surface area contributed by atoms with Crippen LogP contribution in [0.25, 0.3) is 0 Å². The SMILES string of the molecule is C=C1C=CCCCCCCC1. The van der Waals surface area contributed by atoms with Gasteiger partial charge in [0.05, 0.1) is 0 Å². The molecular weight excluding hydrogens is 132 g/mol. The van der Waals surface area contributed by atoms with Crippen molar-refractivity contribution in [3.8, 4) is 0 Å². The molecular formula is C11H18. The van der Waals surface area contributed by atoms with Crippen LogP contribution in [0.5, 0.6) is 0 Å². The van der Waals surface area contributed by atoms with Crippen LogP contribution in [0.15, 0.2) is 24.3 Å². The highest BCUT2D eigenvalue weighted by Crippen LogP contribution is 2.14. The molecule has 0 amide bonds. The van der Waals surface area contributed by atoms with Gasteiger partial charge in [-0.1, -0.05) is 43.6 Å². The second-order valence-electron chi connectivity index (χ2n) is 3.37. The Morgan fingerprint density at radius 2 is 1.73 bits per heavy atom. The predicted molar refractivity (Wildman–Crippen MR) is 50.6 cm³/mol. The van der Waals surface area contributed by atoms with Crippen LogP contribution in [-0.4, -0.2) is 0 Å². The Balaban J connectivity index is 2.32. The van der Waals surface area contributed by atoms with Crippen molar-refractivity contribution in [1.82, 2.24) is 0 Å². The van der Waals surface area contributed by atoms with Crippen molar-refractivity contribution >= 4 is 0 Å². The molecule has 0 aliphatic heterocycles. The van der Waals surface area contributed by atoms with Crippen LogP contribution in [-0.2, 0) is 0 Å². The van der Waals surface area contributed by atoms with Crippen LogP contribution in [0.4, 0.5) is 0 Å². The third-order valence-electron chi connectivity index (χ3n) is 2.22. The van der Waals surface area contributed by atoms with E-state index in [1.807, 2.05) is 0 Å². The topological polar surface area (TPSA) is 0 Å². The lowest BCUT2D eigenvalue weighted by molar-refractivity contribution is 0.614. The first-order chi connectivity index (χ1) is 5.39. The molecule has 0 nitrogen and oxygen atoms in total. The van der Waals surface area contributed by atoms with E-state index in [-0.39, 0.29) is 0 Å². The fraction of sp³-hybridized carbons (Fsp3) is 0.636. The van der Waals surface area contributed by atoms with Gasteiger partial charge in [-0.05, 0) is 25.7 Å². The van der Waals surface area contributed by atoms with Gasteiger partial charge < -0.3 is 0 Å². The first-order valence-electron chi connectivity index (χ1n) is 4.74. The molecule has 1 aliphatic carbocycles. The van der Waals surface area contributed by atoms with Gasteiger partial charge in [0, 0.05) is 0 Å². The lowest BCUT2D eigenvalue weighted by atomic mass is 10.0.